The number of carbonyl (C=O) groups is 1. The minimum absolute atomic E-state index is 0.0122. The summed E-state index contributed by atoms with van der Waals surface area (Å²) in [6.45, 7) is 5.36. The molecule has 0 radical (unpaired) electrons. The molecule has 3 rings (SSSR count). The topological polar surface area (TPSA) is 32.3 Å². The van der Waals surface area contributed by atoms with E-state index in [1.54, 1.807) is 0 Å². The molecule has 3 nitrogen and oxygen atoms in total. The molecule has 0 aliphatic carbocycles. The average Bonchev–Trinajstić information content (AvgIpc) is 3.17. The van der Waals surface area contributed by atoms with Crippen LogP contribution in [-0.4, -0.2) is 48.0 Å². The zero-order valence-corrected chi connectivity index (χ0v) is 15.6. The third-order valence-electron chi connectivity index (χ3n) is 5.56. The van der Waals surface area contributed by atoms with E-state index in [9.17, 15) is 4.79 Å². The van der Waals surface area contributed by atoms with Gasteiger partial charge in [0, 0.05) is 18.3 Å². The number of likely N-dealkylation sites (tertiary alicyclic amines) is 1. The van der Waals surface area contributed by atoms with E-state index >= 15 is 0 Å². The highest BCUT2D eigenvalue weighted by atomic mass is 32.2. The fourth-order valence-electron chi connectivity index (χ4n) is 3.96. The van der Waals surface area contributed by atoms with Gasteiger partial charge in [-0.05, 0) is 56.0 Å². The maximum absolute atomic E-state index is 12.6. The number of nitrogens with zero attached hydrogens (tertiary/aromatic N) is 1. The quantitative estimate of drug-likeness (QED) is 0.855. The van der Waals surface area contributed by atoms with Crippen molar-refractivity contribution in [1.29, 1.82) is 0 Å². The molecule has 0 spiro atoms. The molecular weight excluding hydrogens is 316 g/mol. The molecule has 2 fully saturated rings. The fourth-order valence-corrected chi connectivity index (χ4v) is 5.21. The van der Waals surface area contributed by atoms with Gasteiger partial charge in [0.05, 0.1) is 5.92 Å². The third-order valence-corrected chi connectivity index (χ3v) is 6.71. The molecule has 2 aliphatic rings. The van der Waals surface area contributed by atoms with Gasteiger partial charge in [-0.15, -0.1) is 0 Å². The minimum atomic E-state index is -0.0122. The van der Waals surface area contributed by atoms with Gasteiger partial charge in [0.1, 0.15) is 0 Å². The molecule has 1 N–H and O–H groups in total. The minimum Gasteiger partial charge on any atom is -0.355 e. The first-order valence-corrected chi connectivity index (χ1v) is 10.6. The molecular formula is C20H30N2OS. The summed E-state index contributed by atoms with van der Waals surface area (Å²) in [6.07, 6.45) is 4.67. The van der Waals surface area contributed by atoms with E-state index in [2.05, 4.69) is 41.0 Å². The van der Waals surface area contributed by atoms with Crippen molar-refractivity contribution in [2.75, 3.05) is 31.1 Å². The molecule has 0 bridgehead atoms. The van der Waals surface area contributed by atoms with Gasteiger partial charge >= 0.3 is 0 Å². The summed E-state index contributed by atoms with van der Waals surface area (Å²) < 4.78 is 0. The highest BCUT2D eigenvalue weighted by Gasteiger charge is 2.28. The van der Waals surface area contributed by atoms with Crippen molar-refractivity contribution in [3.63, 3.8) is 0 Å². The summed E-state index contributed by atoms with van der Waals surface area (Å²) in [4.78, 5) is 15.2. The number of hydrogen-bond donors (Lipinski definition) is 1. The smallest absolute Gasteiger partial charge is 0.227 e. The van der Waals surface area contributed by atoms with Crippen LogP contribution in [0, 0.1) is 5.92 Å². The first kappa shape index (κ1) is 17.8. The number of carbonyl (C=O) groups excluding carboxylic acids is 1. The highest BCUT2D eigenvalue weighted by molar-refractivity contribution is 7.99. The summed E-state index contributed by atoms with van der Waals surface area (Å²) in [5.74, 6) is 3.47. The molecule has 2 atom stereocenters. The SMILES string of the molecule is CC[C@@H](C(=O)NCC1CCN([C@H]2CCSC2)CC1)c1ccccc1. The van der Waals surface area contributed by atoms with Crippen molar-refractivity contribution >= 4 is 17.7 Å². The zero-order valence-electron chi connectivity index (χ0n) is 14.7. The van der Waals surface area contributed by atoms with Gasteiger partial charge < -0.3 is 5.32 Å². The summed E-state index contributed by atoms with van der Waals surface area (Å²) in [5.41, 5.74) is 1.13. The molecule has 1 aromatic carbocycles. The van der Waals surface area contributed by atoms with Gasteiger partial charge in [0.25, 0.3) is 0 Å². The maximum Gasteiger partial charge on any atom is 0.227 e. The fraction of sp³-hybridized carbons (Fsp3) is 0.650. The van der Waals surface area contributed by atoms with Crippen LogP contribution in [0.2, 0.25) is 0 Å². The van der Waals surface area contributed by atoms with Gasteiger partial charge in [-0.25, -0.2) is 0 Å². The van der Waals surface area contributed by atoms with Crippen molar-refractivity contribution in [2.24, 2.45) is 5.92 Å². The molecule has 132 valence electrons. The molecule has 2 saturated heterocycles. The number of thioether (sulfide) groups is 1. The van der Waals surface area contributed by atoms with Crippen LogP contribution in [0.5, 0.6) is 0 Å². The van der Waals surface area contributed by atoms with Crippen molar-refractivity contribution in [3.05, 3.63) is 35.9 Å². The zero-order chi connectivity index (χ0) is 16.8. The maximum atomic E-state index is 12.6. The van der Waals surface area contributed by atoms with Crippen LogP contribution in [0.3, 0.4) is 0 Å². The Balaban J connectivity index is 1.43. The summed E-state index contributed by atoms with van der Waals surface area (Å²) in [5, 5.41) is 3.22. The summed E-state index contributed by atoms with van der Waals surface area (Å²) in [7, 11) is 0. The number of hydrogen-bond acceptors (Lipinski definition) is 3. The van der Waals surface area contributed by atoms with Crippen molar-refractivity contribution in [3.8, 4) is 0 Å². The number of benzene rings is 1. The van der Waals surface area contributed by atoms with Gasteiger partial charge in [-0.2, -0.15) is 11.8 Å². The molecule has 1 aromatic rings. The number of nitrogens with one attached hydrogen (secondary N) is 1. The van der Waals surface area contributed by atoms with Crippen LogP contribution in [0.15, 0.2) is 30.3 Å². The standard InChI is InChI=1S/C20H30N2OS/c1-2-19(17-6-4-3-5-7-17)20(23)21-14-16-8-11-22(12-9-16)18-10-13-24-15-18/h3-7,16,18-19H,2,8-15H2,1H3,(H,21,23)/t18-,19+/m0/s1. The second-order valence-corrected chi connectivity index (χ2v) is 8.26. The van der Waals surface area contributed by atoms with Crippen molar-refractivity contribution < 1.29 is 4.79 Å². The Kier molecular flexibility index (Phi) is 6.61. The predicted molar refractivity (Wildman–Crippen MR) is 103 cm³/mol. The van der Waals surface area contributed by atoms with Gasteiger partial charge in [0.15, 0.2) is 0 Å². The van der Waals surface area contributed by atoms with E-state index in [4.69, 9.17) is 0 Å². The van der Waals surface area contributed by atoms with Gasteiger partial charge in [-0.3, -0.25) is 9.69 Å². The number of rotatable bonds is 6. The Morgan fingerprint density at radius 2 is 2.00 bits per heavy atom. The third kappa shape index (κ3) is 4.54. The van der Waals surface area contributed by atoms with Crippen LogP contribution in [0.25, 0.3) is 0 Å². The largest absolute Gasteiger partial charge is 0.355 e. The lowest BCUT2D eigenvalue weighted by Gasteiger charge is -2.35. The summed E-state index contributed by atoms with van der Waals surface area (Å²) >= 11 is 2.10. The molecule has 2 aliphatic heterocycles. The van der Waals surface area contributed by atoms with Crippen molar-refractivity contribution in [1.82, 2.24) is 10.2 Å². The Hall–Kier alpha value is -1.00. The van der Waals surface area contributed by atoms with Crippen LogP contribution < -0.4 is 5.32 Å². The normalized spacial score (nSPS) is 24.0. The molecule has 0 aromatic heterocycles. The van der Waals surface area contributed by atoms with Crippen molar-refractivity contribution in [2.45, 2.75) is 44.6 Å². The molecule has 24 heavy (non-hydrogen) atoms. The first-order chi connectivity index (χ1) is 11.8. The van der Waals surface area contributed by atoms with Crippen LogP contribution in [0.1, 0.15) is 44.1 Å². The Labute approximate surface area is 150 Å². The van der Waals surface area contributed by atoms with Crippen LogP contribution in [0.4, 0.5) is 0 Å². The molecule has 1 amide bonds. The van der Waals surface area contributed by atoms with E-state index in [0.717, 1.165) is 24.6 Å². The lowest BCUT2D eigenvalue weighted by Crippen LogP contribution is -2.44. The molecule has 2 heterocycles. The second kappa shape index (κ2) is 8.91. The molecule has 0 saturated carbocycles. The monoisotopic (exact) mass is 346 g/mol. The first-order valence-electron chi connectivity index (χ1n) is 9.42. The van der Waals surface area contributed by atoms with Gasteiger partial charge in [0.2, 0.25) is 5.91 Å². The molecule has 0 unspecified atom stereocenters. The number of piperidine rings is 1. The van der Waals surface area contributed by atoms with Crippen LogP contribution in [-0.2, 0) is 4.79 Å². The number of amides is 1. The summed E-state index contributed by atoms with van der Waals surface area (Å²) in [6, 6.07) is 11.0. The molecule has 4 heteroatoms. The lowest BCUT2D eigenvalue weighted by atomic mass is 9.93. The second-order valence-electron chi connectivity index (χ2n) is 7.11. The lowest BCUT2D eigenvalue weighted by molar-refractivity contribution is -0.122. The van der Waals surface area contributed by atoms with Gasteiger partial charge in [-0.1, -0.05) is 37.3 Å². The average molecular weight is 347 g/mol. The Morgan fingerprint density at radius 3 is 2.62 bits per heavy atom. The van der Waals surface area contributed by atoms with E-state index in [1.807, 2.05) is 18.2 Å². The van der Waals surface area contributed by atoms with Crippen LogP contribution >= 0.6 is 11.8 Å². The van der Waals surface area contributed by atoms with E-state index in [-0.39, 0.29) is 11.8 Å². The Bertz CT molecular complexity index is 508. The Morgan fingerprint density at radius 1 is 1.25 bits per heavy atom. The van der Waals surface area contributed by atoms with E-state index < -0.39 is 0 Å². The van der Waals surface area contributed by atoms with E-state index in [1.165, 1.54) is 43.9 Å². The highest BCUT2D eigenvalue weighted by Crippen LogP contribution is 2.27. The predicted octanol–water partition coefficient (Wildman–Crippen LogP) is 3.51. The van der Waals surface area contributed by atoms with E-state index in [0.29, 0.717) is 5.92 Å².